The van der Waals surface area contributed by atoms with E-state index in [1.807, 2.05) is 23.6 Å². The van der Waals surface area contributed by atoms with E-state index >= 15 is 0 Å². The third kappa shape index (κ3) is 3.45. The smallest absolute Gasteiger partial charge is 0.227 e. The molecule has 1 N–H and O–H groups in total. The minimum atomic E-state index is -0.0157. The second-order valence-electron chi connectivity index (χ2n) is 6.76. The molecule has 1 fully saturated rings. The van der Waals surface area contributed by atoms with Crippen LogP contribution < -0.4 is 0 Å². The van der Waals surface area contributed by atoms with Crippen molar-refractivity contribution < 1.29 is 4.79 Å². The number of hydrogen-bond donors (Lipinski definition) is 1. The first-order valence-electron chi connectivity index (χ1n) is 9.27. The van der Waals surface area contributed by atoms with Crippen molar-refractivity contribution in [2.45, 2.75) is 65.3 Å². The highest BCUT2D eigenvalue weighted by Crippen LogP contribution is 2.30. The van der Waals surface area contributed by atoms with E-state index in [2.05, 4.69) is 34.1 Å². The van der Waals surface area contributed by atoms with E-state index in [1.54, 1.807) is 0 Å². The predicted molar refractivity (Wildman–Crippen MR) is 95.1 cm³/mol. The summed E-state index contributed by atoms with van der Waals surface area (Å²) < 4.78 is 1.92. The summed E-state index contributed by atoms with van der Waals surface area (Å²) in [5.41, 5.74) is 3.30. The molecular formula is C18H28N6O. The highest BCUT2D eigenvalue weighted by Gasteiger charge is 2.31. The molecular weight excluding hydrogens is 316 g/mol. The normalized spacial score (nSPS) is 17.9. The van der Waals surface area contributed by atoms with Gasteiger partial charge in [-0.05, 0) is 39.0 Å². The van der Waals surface area contributed by atoms with Gasteiger partial charge in [-0.25, -0.2) is 4.98 Å². The number of aromatic nitrogens is 5. The van der Waals surface area contributed by atoms with Gasteiger partial charge < -0.3 is 4.90 Å². The number of likely N-dealkylation sites (tertiary alicyclic amines) is 1. The molecule has 1 atom stereocenters. The van der Waals surface area contributed by atoms with Crippen molar-refractivity contribution in [3.63, 3.8) is 0 Å². The van der Waals surface area contributed by atoms with Crippen molar-refractivity contribution in [2.24, 2.45) is 7.05 Å². The standard InChI is InChI=1S/C18H28N6O/c1-5-14-13(15(6-2)23(4)22-14)11-17(25)24-10-8-7-9-16(24)18-19-12(3)20-21-18/h16H,5-11H2,1-4H3,(H,19,20,21)/t16-/m0/s1. The number of nitrogens with one attached hydrogen (secondary N) is 1. The van der Waals surface area contributed by atoms with Crippen LogP contribution >= 0.6 is 0 Å². The minimum absolute atomic E-state index is 0.0157. The van der Waals surface area contributed by atoms with Gasteiger partial charge in [-0.15, -0.1) is 0 Å². The number of nitrogens with zero attached hydrogens (tertiary/aromatic N) is 5. The molecule has 3 heterocycles. The number of amides is 1. The van der Waals surface area contributed by atoms with E-state index in [0.29, 0.717) is 6.42 Å². The van der Waals surface area contributed by atoms with Crippen LogP contribution in [0.1, 0.15) is 67.8 Å². The molecule has 3 rings (SSSR count). The van der Waals surface area contributed by atoms with Gasteiger partial charge in [0.15, 0.2) is 5.82 Å². The van der Waals surface area contributed by atoms with Crippen LogP contribution in [0.4, 0.5) is 0 Å². The molecule has 0 spiro atoms. The van der Waals surface area contributed by atoms with Crippen LogP contribution in [0.25, 0.3) is 0 Å². The highest BCUT2D eigenvalue weighted by molar-refractivity contribution is 5.80. The third-order valence-corrected chi connectivity index (χ3v) is 5.09. The Morgan fingerprint density at radius 3 is 2.72 bits per heavy atom. The van der Waals surface area contributed by atoms with Gasteiger partial charge in [-0.3, -0.25) is 14.6 Å². The summed E-state index contributed by atoms with van der Waals surface area (Å²) in [4.78, 5) is 19.6. The number of carbonyl (C=O) groups is 1. The lowest BCUT2D eigenvalue weighted by Crippen LogP contribution is -2.40. The number of hydrogen-bond acceptors (Lipinski definition) is 4. The molecule has 0 aromatic carbocycles. The summed E-state index contributed by atoms with van der Waals surface area (Å²) in [6.45, 7) is 6.88. The van der Waals surface area contributed by atoms with Crippen molar-refractivity contribution in [1.29, 1.82) is 0 Å². The molecule has 0 saturated carbocycles. The maximum absolute atomic E-state index is 13.1. The number of aryl methyl sites for hydroxylation is 3. The maximum Gasteiger partial charge on any atom is 0.227 e. The Hall–Kier alpha value is -2.18. The highest BCUT2D eigenvalue weighted by atomic mass is 16.2. The van der Waals surface area contributed by atoms with Crippen molar-refractivity contribution in [3.05, 3.63) is 28.6 Å². The van der Waals surface area contributed by atoms with Gasteiger partial charge in [0.05, 0.1) is 18.2 Å². The van der Waals surface area contributed by atoms with E-state index < -0.39 is 0 Å². The molecule has 0 unspecified atom stereocenters. The second-order valence-corrected chi connectivity index (χ2v) is 6.76. The molecule has 25 heavy (non-hydrogen) atoms. The van der Waals surface area contributed by atoms with Gasteiger partial charge >= 0.3 is 0 Å². The van der Waals surface area contributed by atoms with Gasteiger partial charge in [0, 0.05) is 24.8 Å². The summed E-state index contributed by atoms with van der Waals surface area (Å²) in [5, 5.41) is 11.8. The Bertz CT molecular complexity index is 747. The molecule has 136 valence electrons. The van der Waals surface area contributed by atoms with Crippen molar-refractivity contribution >= 4 is 5.91 Å². The van der Waals surface area contributed by atoms with Crippen LogP contribution in [0.15, 0.2) is 0 Å². The SMILES string of the molecule is CCc1nn(C)c(CC)c1CC(=O)N1CCCC[C@H]1c1n[nH]c(C)n1. The number of piperidine rings is 1. The van der Waals surface area contributed by atoms with Crippen LogP contribution in [-0.2, 0) is 31.1 Å². The topological polar surface area (TPSA) is 79.7 Å². The summed E-state index contributed by atoms with van der Waals surface area (Å²) in [6.07, 6.45) is 5.22. The van der Waals surface area contributed by atoms with Crippen LogP contribution in [0, 0.1) is 6.92 Å². The van der Waals surface area contributed by atoms with Crippen LogP contribution in [0.5, 0.6) is 0 Å². The molecule has 7 heteroatoms. The number of aromatic amines is 1. The summed E-state index contributed by atoms with van der Waals surface area (Å²) in [7, 11) is 1.96. The largest absolute Gasteiger partial charge is 0.332 e. The van der Waals surface area contributed by atoms with E-state index in [0.717, 1.165) is 67.2 Å². The van der Waals surface area contributed by atoms with Crippen molar-refractivity contribution in [1.82, 2.24) is 29.9 Å². The Morgan fingerprint density at radius 1 is 1.28 bits per heavy atom. The fraction of sp³-hybridized carbons (Fsp3) is 0.667. The molecule has 0 radical (unpaired) electrons. The predicted octanol–water partition coefficient (Wildman–Crippen LogP) is 2.27. The molecule has 1 saturated heterocycles. The lowest BCUT2D eigenvalue weighted by molar-refractivity contribution is -0.134. The number of H-pyrrole nitrogens is 1. The van der Waals surface area contributed by atoms with Crippen LogP contribution in [-0.4, -0.2) is 42.3 Å². The van der Waals surface area contributed by atoms with Gasteiger partial charge in [0.2, 0.25) is 5.91 Å². The lowest BCUT2D eigenvalue weighted by atomic mass is 9.99. The first-order valence-corrected chi connectivity index (χ1v) is 9.27. The van der Waals surface area contributed by atoms with E-state index in [-0.39, 0.29) is 11.9 Å². The maximum atomic E-state index is 13.1. The Balaban J connectivity index is 1.84. The minimum Gasteiger partial charge on any atom is -0.332 e. The van der Waals surface area contributed by atoms with Crippen molar-refractivity contribution in [3.8, 4) is 0 Å². The monoisotopic (exact) mass is 344 g/mol. The molecule has 1 amide bonds. The summed E-state index contributed by atoms with van der Waals surface area (Å²) >= 11 is 0. The van der Waals surface area contributed by atoms with E-state index in [1.165, 1.54) is 0 Å². The average molecular weight is 344 g/mol. The van der Waals surface area contributed by atoms with E-state index in [4.69, 9.17) is 0 Å². The fourth-order valence-electron chi connectivity index (χ4n) is 3.85. The Morgan fingerprint density at radius 2 is 2.08 bits per heavy atom. The molecule has 7 nitrogen and oxygen atoms in total. The summed E-state index contributed by atoms with van der Waals surface area (Å²) in [5.74, 6) is 1.69. The summed E-state index contributed by atoms with van der Waals surface area (Å²) in [6, 6.07) is -0.0157. The van der Waals surface area contributed by atoms with E-state index in [9.17, 15) is 4.79 Å². The molecule has 2 aromatic heterocycles. The number of carbonyl (C=O) groups excluding carboxylic acids is 1. The Kier molecular flexibility index (Phi) is 5.20. The van der Waals surface area contributed by atoms with Crippen molar-refractivity contribution in [2.75, 3.05) is 6.54 Å². The Labute approximate surface area is 148 Å². The molecule has 0 aliphatic carbocycles. The fourth-order valence-corrected chi connectivity index (χ4v) is 3.85. The lowest BCUT2D eigenvalue weighted by Gasteiger charge is -2.34. The zero-order valence-corrected chi connectivity index (χ0v) is 15.7. The van der Waals surface area contributed by atoms with Crippen LogP contribution in [0.2, 0.25) is 0 Å². The van der Waals surface area contributed by atoms with Gasteiger partial charge in [-0.1, -0.05) is 13.8 Å². The first-order chi connectivity index (χ1) is 12.0. The molecule has 2 aromatic rings. The number of rotatable bonds is 5. The zero-order chi connectivity index (χ0) is 18.0. The molecule has 1 aliphatic heterocycles. The zero-order valence-electron chi connectivity index (χ0n) is 15.7. The van der Waals surface area contributed by atoms with Gasteiger partial charge in [-0.2, -0.15) is 10.2 Å². The second kappa shape index (κ2) is 7.37. The van der Waals surface area contributed by atoms with Gasteiger partial charge in [0.1, 0.15) is 5.82 Å². The quantitative estimate of drug-likeness (QED) is 0.902. The van der Waals surface area contributed by atoms with Crippen LogP contribution in [0.3, 0.4) is 0 Å². The molecule has 1 aliphatic rings. The van der Waals surface area contributed by atoms with Gasteiger partial charge in [0.25, 0.3) is 0 Å². The average Bonchev–Trinajstić information content (AvgIpc) is 3.17. The first kappa shape index (κ1) is 17.6. The molecule has 0 bridgehead atoms. The third-order valence-electron chi connectivity index (χ3n) is 5.09.